The summed E-state index contributed by atoms with van der Waals surface area (Å²) in [4.78, 5) is 11.8. The van der Waals surface area contributed by atoms with Gasteiger partial charge in [-0.3, -0.25) is 4.79 Å². The van der Waals surface area contributed by atoms with Gasteiger partial charge >= 0.3 is 5.97 Å². The number of aliphatic hydroxyl groups excluding tert-OH is 1. The van der Waals surface area contributed by atoms with Crippen molar-refractivity contribution in [1.82, 2.24) is 8.61 Å². The Labute approximate surface area is 126 Å². The van der Waals surface area contributed by atoms with Crippen LogP contribution in [0.1, 0.15) is 32.6 Å². The minimum Gasteiger partial charge on any atom is -0.466 e. The van der Waals surface area contributed by atoms with E-state index < -0.39 is 16.3 Å². The molecule has 7 nitrogen and oxygen atoms in total. The van der Waals surface area contributed by atoms with Gasteiger partial charge in [-0.1, -0.05) is 0 Å². The largest absolute Gasteiger partial charge is 0.466 e. The Morgan fingerprint density at radius 3 is 2.43 bits per heavy atom. The lowest BCUT2D eigenvalue weighted by molar-refractivity contribution is -0.149. The summed E-state index contributed by atoms with van der Waals surface area (Å²) < 4.78 is 32.9. The van der Waals surface area contributed by atoms with Crippen molar-refractivity contribution in [3.63, 3.8) is 0 Å². The van der Waals surface area contributed by atoms with Crippen LogP contribution < -0.4 is 0 Å². The van der Waals surface area contributed by atoms with E-state index in [1.165, 1.54) is 8.61 Å². The molecule has 122 valence electrons. The van der Waals surface area contributed by atoms with Crippen molar-refractivity contribution in [3.8, 4) is 0 Å². The van der Waals surface area contributed by atoms with Gasteiger partial charge in [0.15, 0.2) is 0 Å². The van der Waals surface area contributed by atoms with Crippen LogP contribution >= 0.6 is 0 Å². The van der Waals surface area contributed by atoms with E-state index in [9.17, 15) is 18.3 Å². The molecule has 0 aliphatic carbocycles. The first-order chi connectivity index (χ1) is 9.95. The van der Waals surface area contributed by atoms with Gasteiger partial charge in [0.1, 0.15) is 0 Å². The van der Waals surface area contributed by atoms with E-state index in [1.54, 1.807) is 6.92 Å². The number of rotatable bonds is 4. The van der Waals surface area contributed by atoms with Crippen LogP contribution in [0.4, 0.5) is 0 Å². The molecule has 2 heterocycles. The second-order valence-electron chi connectivity index (χ2n) is 5.61. The molecule has 8 heteroatoms. The zero-order chi connectivity index (χ0) is 15.5. The number of aliphatic hydroxyl groups is 1. The van der Waals surface area contributed by atoms with Crippen molar-refractivity contribution < 1.29 is 23.1 Å². The quantitative estimate of drug-likeness (QED) is 0.735. The van der Waals surface area contributed by atoms with Crippen molar-refractivity contribution in [2.75, 3.05) is 32.8 Å². The Balaban J connectivity index is 2.03. The topological polar surface area (TPSA) is 87.2 Å². The predicted molar refractivity (Wildman–Crippen MR) is 76.7 cm³/mol. The third-order valence-corrected chi connectivity index (χ3v) is 5.98. The second kappa shape index (κ2) is 7.04. The summed E-state index contributed by atoms with van der Waals surface area (Å²) >= 11 is 0. The molecule has 0 amide bonds. The molecular weight excluding hydrogens is 296 g/mol. The molecule has 2 rings (SSSR count). The molecule has 2 fully saturated rings. The van der Waals surface area contributed by atoms with Crippen molar-refractivity contribution >= 4 is 16.2 Å². The number of ether oxygens (including phenoxy) is 1. The van der Waals surface area contributed by atoms with Gasteiger partial charge in [-0.25, -0.2) is 0 Å². The van der Waals surface area contributed by atoms with E-state index in [2.05, 4.69) is 0 Å². The fraction of sp³-hybridized carbons (Fsp3) is 0.923. The van der Waals surface area contributed by atoms with Gasteiger partial charge in [0, 0.05) is 26.2 Å². The molecule has 2 aliphatic rings. The zero-order valence-electron chi connectivity index (χ0n) is 12.4. The van der Waals surface area contributed by atoms with Crippen LogP contribution in [0.3, 0.4) is 0 Å². The molecule has 2 saturated heterocycles. The molecule has 2 aliphatic heterocycles. The lowest BCUT2D eigenvalue weighted by atomic mass is 10.0. The van der Waals surface area contributed by atoms with Gasteiger partial charge in [0.05, 0.1) is 18.6 Å². The van der Waals surface area contributed by atoms with Crippen LogP contribution in [0, 0.1) is 5.92 Å². The van der Waals surface area contributed by atoms with Crippen molar-refractivity contribution in [1.29, 1.82) is 0 Å². The first kappa shape index (κ1) is 16.7. The van der Waals surface area contributed by atoms with E-state index in [-0.39, 0.29) is 25.0 Å². The number of hydrogen-bond donors (Lipinski definition) is 1. The van der Waals surface area contributed by atoms with E-state index in [0.29, 0.717) is 45.4 Å². The van der Waals surface area contributed by atoms with E-state index in [4.69, 9.17) is 4.74 Å². The third-order valence-electron chi connectivity index (χ3n) is 4.02. The smallest absolute Gasteiger partial charge is 0.310 e. The Bertz CT molecular complexity index is 467. The van der Waals surface area contributed by atoms with Crippen molar-refractivity contribution in [2.45, 2.75) is 38.7 Å². The fourth-order valence-electron chi connectivity index (χ4n) is 2.90. The Kier molecular flexibility index (Phi) is 5.59. The lowest BCUT2D eigenvalue weighted by Gasteiger charge is -2.37. The van der Waals surface area contributed by atoms with Gasteiger partial charge in [-0.15, -0.1) is 0 Å². The number of nitrogens with zero attached hydrogens (tertiary/aromatic N) is 2. The van der Waals surface area contributed by atoms with Crippen LogP contribution in [-0.2, 0) is 19.7 Å². The number of carbonyl (C=O) groups excluding carboxylic acids is 1. The molecule has 0 spiro atoms. The number of piperidine rings is 2. The summed E-state index contributed by atoms with van der Waals surface area (Å²) in [6.07, 6.45) is 2.01. The van der Waals surface area contributed by atoms with Crippen LogP contribution in [0.25, 0.3) is 0 Å². The molecular formula is C13H24N2O5S. The zero-order valence-corrected chi connectivity index (χ0v) is 13.2. The number of β-amino-alcohol motifs (C(OH)–C–C–N with tert-alkyl or cyclic N) is 1. The molecule has 0 aromatic carbocycles. The minimum atomic E-state index is -3.60. The van der Waals surface area contributed by atoms with Crippen molar-refractivity contribution in [2.24, 2.45) is 5.92 Å². The minimum absolute atomic E-state index is 0.142. The number of esters is 1. The summed E-state index contributed by atoms with van der Waals surface area (Å²) in [7, 11) is -3.60. The highest BCUT2D eigenvalue weighted by Crippen LogP contribution is 2.24. The average Bonchev–Trinajstić information content (AvgIpc) is 2.47. The third kappa shape index (κ3) is 3.94. The molecule has 2 unspecified atom stereocenters. The summed E-state index contributed by atoms with van der Waals surface area (Å²) in [6, 6.07) is 0. The highest BCUT2D eigenvalue weighted by Gasteiger charge is 2.37. The number of hydrogen-bond acceptors (Lipinski definition) is 5. The molecule has 1 N–H and O–H groups in total. The Hall–Kier alpha value is -0.700. The highest BCUT2D eigenvalue weighted by atomic mass is 32.2. The summed E-state index contributed by atoms with van der Waals surface area (Å²) in [5, 5.41) is 9.65. The van der Waals surface area contributed by atoms with Gasteiger partial charge < -0.3 is 9.84 Å². The van der Waals surface area contributed by atoms with E-state index >= 15 is 0 Å². The maximum atomic E-state index is 12.6. The van der Waals surface area contributed by atoms with Crippen LogP contribution in [0.15, 0.2) is 0 Å². The summed E-state index contributed by atoms with van der Waals surface area (Å²) in [5.41, 5.74) is 0. The normalized spacial score (nSPS) is 29.2. The molecule has 0 bridgehead atoms. The maximum absolute atomic E-state index is 12.6. The molecule has 0 saturated carbocycles. The maximum Gasteiger partial charge on any atom is 0.310 e. The molecule has 0 aromatic heterocycles. The highest BCUT2D eigenvalue weighted by molar-refractivity contribution is 7.86. The van der Waals surface area contributed by atoms with Gasteiger partial charge in [-0.2, -0.15) is 17.0 Å². The van der Waals surface area contributed by atoms with Crippen LogP contribution in [0.5, 0.6) is 0 Å². The lowest BCUT2D eigenvalue weighted by Crippen LogP contribution is -2.52. The van der Waals surface area contributed by atoms with E-state index in [1.807, 2.05) is 0 Å². The monoisotopic (exact) mass is 320 g/mol. The van der Waals surface area contributed by atoms with Crippen LogP contribution in [0.2, 0.25) is 0 Å². The molecule has 2 atom stereocenters. The van der Waals surface area contributed by atoms with Crippen LogP contribution in [-0.4, -0.2) is 67.0 Å². The SMILES string of the molecule is CCOC(=O)C1CCCN(S(=O)(=O)N2CCCC(O)C2)C1. The first-order valence-corrected chi connectivity index (χ1v) is 8.94. The predicted octanol–water partition coefficient (Wildman–Crippen LogP) is -0.0370. The molecule has 0 aromatic rings. The van der Waals surface area contributed by atoms with Crippen molar-refractivity contribution in [3.05, 3.63) is 0 Å². The summed E-state index contributed by atoms with van der Waals surface area (Å²) in [6.45, 7) is 3.21. The Morgan fingerprint density at radius 2 is 1.81 bits per heavy atom. The van der Waals surface area contributed by atoms with Gasteiger partial charge in [0.2, 0.25) is 0 Å². The fourth-order valence-corrected chi connectivity index (χ4v) is 4.67. The van der Waals surface area contributed by atoms with E-state index in [0.717, 1.165) is 0 Å². The van der Waals surface area contributed by atoms with Gasteiger partial charge in [0.25, 0.3) is 10.2 Å². The first-order valence-electron chi connectivity index (χ1n) is 7.55. The molecule has 21 heavy (non-hydrogen) atoms. The summed E-state index contributed by atoms with van der Waals surface area (Å²) in [5.74, 6) is -0.709. The van der Waals surface area contributed by atoms with Gasteiger partial charge in [-0.05, 0) is 32.6 Å². The standard InChI is InChI=1S/C13H24N2O5S/c1-2-20-13(17)11-5-3-7-14(9-11)21(18,19)15-8-4-6-12(16)10-15/h11-12,16H,2-10H2,1H3. The Morgan fingerprint density at radius 1 is 1.19 bits per heavy atom. The average molecular weight is 320 g/mol. The molecule has 0 radical (unpaired) electrons. The number of carbonyl (C=O) groups is 1. The second-order valence-corrected chi connectivity index (χ2v) is 7.54.